The number of benzene rings is 1. The Morgan fingerprint density at radius 1 is 0.846 bits per heavy atom. The summed E-state index contributed by atoms with van der Waals surface area (Å²) >= 11 is 0. The fourth-order valence-electron chi connectivity index (χ4n) is 10.6. The van der Waals surface area contributed by atoms with Crippen LogP contribution in [0.4, 0.5) is 0 Å². The van der Waals surface area contributed by atoms with Gasteiger partial charge in [0.2, 0.25) is 0 Å². The lowest BCUT2D eigenvalue weighted by molar-refractivity contribution is -0.256. The third kappa shape index (κ3) is 6.02. The van der Waals surface area contributed by atoms with Crippen molar-refractivity contribution < 1.29 is 56.8 Å². The van der Waals surface area contributed by atoms with E-state index in [1.54, 1.807) is 42.9 Å². The number of hydrogen-bond acceptors (Lipinski definition) is 12. The highest BCUT2D eigenvalue weighted by Gasteiger charge is 2.77. The van der Waals surface area contributed by atoms with Gasteiger partial charge < -0.3 is 32.8 Å². The second kappa shape index (κ2) is 13.8. The Morgan fingerprint density at radius 2 is 1.50 bits per heavy atom. The van der Waals surface area contributed by atoms with Gasteiger partial charge in [0.25, 0.3) is 0 Å². The summed E-state index contributed by atoms with van der Waals surface area (Å²) in [5, 5.41) is 0. The van der Waals surface area contributed by atoms with E-state index in [2.05, 4.69) is 0 Å². The van der Waals surface area contributed by atoms with Gasteiger partial charge in [-0.15, -0.1) is 0 Å². The number of carbonyl (C=O) groups excluding carboxylic acids is 5. The van der Waals surface area contributed by atoms with E-state index in [-0.39, 0.29) is 25.4 Å². The topological polar surface area (TPSA) is 154 Å². The highest BCUT2D eigenvalue weighted by atomic mass is 16.6. The van der Waals surface area contributed by atoms with Gasteiger partial charge in [-0.3, -0.25) is 19.2 Å². The quantitative estimate of drug-likeness (QED) is 0.176. The average molecular weight is 721 g/mol. The molecule has 0 radical (unpaired) electrons. The first-order valence-corrected chi connectivity index (χ1v) is 17.8. The molecule has 2 heterocycles. The summed E-state index contributed by atoms with van der Waals surface area (Å²) < 4.78 is 42.5. The minimum Gasteiger partial charge on any atom is -0.472 e. The molecule has 2 aromatic rings. The van der Waals surface area contributed by atoms with Crippen molar-refractivity contribution in [2.75, 3.05) is 13.7 Å². The predicted octanol–water partition coefficient (Wildman–Crippen LogP) is 5.73. The van der Waals surface area contributed by atoms with E-state index in [9.17, 15) is 24.0 Å². The molecule has 52 heavy (non-hydrogen) atoms. The molecule has 1 unspecified atom stereocenters. The molecule has 0 bridgehead atoms. The number of methoxy groups -OCH3 is 1. The zero-order valence-electron chi connectivity index (χ0n) is 31.0. The minimum absolute atomic E-state index is 0.131. The maximum atomic E-state index is 14.2. The van der Waals surface area contributed by atoms with Crippen molar-refractivity contribution in [2.24, 2.45) is 28.1 Å². The van der Waals surface area contributed by atoms with E-state index in [1.165, 1.54) is 27.9 Å². The number of esters is 5. The Morgan fingerprint density at radius 3 is 2.10 bits per heavy atom. The molecule has 280 valence electrons. The van der Waals surface area contributed by atoms with Gasteiger partial charge in [0.15, 0.2) is 0 Å². The third-order valence-corrected chi connectivity index (χ3v) is 12.5. The van der Waals surface area contributed by atoms with E-state index in [1.807, 2.05) is 33.8 Å². The van der Waals surface area contributed by atoms with Gasteiger partial charge in [-0.05, 0) is 48.6 Å². The van der Waals surface area contributed by atoms with E-state index in [0.717, 1.165) is 11.1 Å². The molecule has 0 N–H and O–H groups in total. The Labute approximate surface area is 303 Å². The number of rotatable bonds is 9. The van der Waals surface area contributed by atoms with Crippen LogP contribution in [-0.2, 0) is 47.6 Å². The Balaban J connectivity index is 1.65. The monoisotopic (exact) mass is 720 g/mol. The molecule has 0 amide bonds. The lowest BCUT2D eigenvalue weighted by Crippen LogP contribution is -2.72. The lowest BCUT2D eigenvalue weighted by Gasteiger charge is -2.66. The van der Waals surface area contributed by atoms with Crippen molar-refractivity contribution in [3.63, 3.8) is 0 Å². The first kappa shape index (κ1) is 37.3. The number of hydrogen-bond donors (Lipinski definition) is 0. The Bertz CT molecular complexity index is 1750. The normalized spacial score (nSPS) is 36.4. The number of carbonyl (C=O) groups is 5. The van der Waals surface area contributed by atoms with Gasteiger partial charge >= 0.3 is 29.8 Å². The maximum absolute atomic E-state index is 14.2. The zero-order chi connectivity index (χ0) is 37.7. The highest BCUT2D eigenvalue weighted by molar-refractivity contribution is 5.89. The molecule has 1 aromatic carbocycles. The van der Waals surface area contributed by atoms with Crippen LogP contribution in [0.5, 0.6) is 0 Å². The molecule has 3 fully saturated rings. The molecule has 11 atom stereocenters. The van der Waals surface area contributed by atoms with Gasteiger partial charge in [0.05, 0.1) is 37.9 Å². The van der Waals surface area contributed by atoms with Crippen LogP contribution in [0, 0.1) is 28.1 Å². The predicted molar refractivity (Wildman–Crippen MR) is 183 cm³/mol. The fourth-order valence-corrected chi connectivity index (χ4v) is 10.6. The fraction of sp³-hybridized carbons (Fsp3) is 0.575. The summed E-state index contributed by atoms with van der Waals surface area (Å²) in [4.78, 5) is 66.1. The minimum atomic E-state index is -1.28. The largest absolute Gasteiger partial charge is 0.472 e. The first-order chi connectivity index (χ1) is 24.6. The summed E-state index contributed by atoms with van der Waals surface area (Å²) in [5.41, 5.74) is -0.441. The van der Waals surface area contributed by atoms with Crippen LogP contribution in [0.2, 0.25) is 0 Å². The van der Waals surface area contributed by atoms with Crippen molar-refractivity contribution in [2.45, 2.75) is 104 Å². The Kier molecular flexibility index (Phi) is 9.93. The van der Waals surface area contributed by atoms with E-state index >= 15 is 0 Å². The van der Waals surface area contributed by atoms with E-state index in [0.29, 0.717) is 17.6 Å². The van der Waals surface area contributed by atoms with Crippen molar-refractivity contribution in [3.05, 3.63) is 71.2 Å². The molecule has 12 heteroatoms. The van der Waals surface area contributed by atoms with Gasteiger partial charge in [-0.25, -0.2) is 4.79 Å². The van der Waals surface area contributed by atoms with Crippen LogP contribution in [0.25, 0.3) is 0 Å². The van der Waals surface area contributed by atoms with Crippen LogP contribution in [0.1, 0.15) is 89.6 Å². The highest BCUT2D eigenvalue weighted by Crippen LogP contribution is 2.72. The van der Waals surface area contributed by atoms with Crippen molar-refractivity contribution in [1.82, 2.24) is 0 Å². The first-order valence-electron chi connectivity index (χ1n) is 17.8. The summed E-state index contributed by atoms with van der Waals surface area (Å²) in [6, 6.07) is 10.4. The lowest BCUT2D eigenvalue weighted by atomic mass is 9.39. The van der Waals surface area contributed by atoms with Gasteiger partial charge in [0.1, 0.15) is 24.4 Å². The summed E-state index contributed by atoms with van der Waals surface area (Å²) in [6.07, 6.45) is -0.670. The van der Waals surface area contributed by atoms with Crippen LogP contribution >= 0.6 is 0 Å². The van der Waals surface area contributed by atoms with Gasteiger partial charge in [-0.2, -0.15) is 0 Å². The molecule has 0 spiro atoms. The van der Waals surface area contributed by atoms with Crippen LogP contribution in [0.15, 0.2) is 64.5 Å². The molecule has 1 aromatic heterocycles. The standard InChI is InChI=1S/C40H48O12/c1-21-27(26-14-15-47-19-26)16-28(49-22(2)41)33(21)40(7)29(17-32(44)46-8)39(6)31(51-24(4)43)18-30(50-23(3)42)38(5)20-48-34(35(38)39)36(40)52-37(45)25-12-10-9-11-13-25/h9-15,19,27-31,34-36H,16-18,20H2,1-8H3/t27-,28+,29-,30-,31+,34-,35-,36?,38-,39+,40-/m1/s1. The van der Waals surface area contributed by atoms with Gasteiger partial charge in [-0.1, -0.05) is 44.5 Å². The SMILES string of the molecule is COC(=O)C[C@@H]1[C@@]2(C)[C@@H](OC(C)=O)C[C@@H](OC(C)=O)[C@@]3(C)CO[C@@H](C(OC(=O)c4ccccc4)[C@@]1(C)C1=C(C)[C@H](c4ccoc4)C[C@@H]1OC(C)=O)[C@H]32. The third-order valence-electron chi connectivity index (χ3n) is 12.5. The summed E-state index contributed by atoms with van der Waals surface area (Å²) in [5.74, 6) is -4.22. The molecule has 6 rings (SSSR count). The van der Waals surface area contributed by atoms with Gasteiger partial charge in [0, 0.05) is 61.7 Å². The zero-order valence-corrected chi connectivity index (χ0v) is 31.0. The molecule has 12 nitrogen and oxygen atoms in total. The number of furan rings is 1. The summed E-state index contributed by atoms with van der Waals surface area (Å²) in [7, 11) is 1.31. The number of ether oxygens (including phenoxy) is 6. The Hall–Kier alpha value is -4.45. The van der Waals surface area contributed by atoms with Crippen LogP contribution in [-0.4, -0.2) is 74.1 Å². The second-order valence-electron chi connectivity index (χ2n) is 15.4. The van der Waals surface area contributed by atoms with E-state index in [4.69, 9.17) is 32.8 Å². The molecular weight excluding hydrogens is 672 g/mol. The molecule has 3 aliphatic carbocycles. The molecule has 2 saturated carbocycles. The molecule has 1 saturated heterocycles. The second-order valence-corrected chi connectivity index (χ2v) is 15.4. The van der Waals surface area contributed by atoms with Crippen molar-refractivity contribution in [1.29, 1.82) is 0 Å². The van der Waals surface area contributed by atoms with Crippen LogP contribution < -0.4 is 0 Å². The molecule has 4 aliphatic rings. The van der Waals surface area contributed by atoms with Crippen molar-refractivity contribution in [3.8, 4) is 0 Å². The average Bonchev–Trinajstić information content (AvgIpc) is 3.82. The number of allylic oxidation sites excluding steroid dienone is 1. The molecule has 1 aliphatic heterocycles. The van der Waals surface area contributed by atoms with E-state index < -0.39 is 88.4 Å². The summed E-state index contributed by atoms with van der Waals surface area (Å²) in [6.45, 7) is 12.0. The van der Waals surface area contributed by atoms with Crippen LogP contribution in [0.3, 0.4) is 0 Å². The smallest absolute Gasteiger partial charge is 0.338 e. The van der Waals surface area contributed by atoms with Crippen molar-refractivity contribution >= 4 is 29.8 Å². The molecular formula is C40H48O12. The maximum Gasteiger partial charge on any atom is 0.338 e.